The maximum Gasteiger partial charge on any atom is 0.125 e. The van der Waals surface area contributed by atoms with Crippen molar-refractivity contribution < 1.29 is 0 Å². The van der Waals surface area contributed by atoms with Crippen LogP contribution in [0.25, 0.3) is 44.2 Å². The number of nitrogens with zero attached hydrogens (tertiary/aromatic N) is 3. The summed E-state index contributed by atoms with van der Waals surface area (Å²) < 4.78 is 4.96. The molecule has 0 aliphatic heterocycles. The minimum absolute atomic E-state index is 0.133. The molecule has 0 atom stereocenters. The van der Waals surface area contributed by atoms with Gasteiger partial charge in [0.15, 0.2) is 0 Å². The number of imidazole rings is 1. The molecule has 0 radical (unpaired) electrons. The van der Waals surface area contributed by atoms with Crippen molar-refractivity contribution in [3.8, 4) is 11.4 Å². The third-order valence-electron chi connectivity index (χ3n) is 11.5. The highest BCUT2D eigenvalue weighted by Gasteiger charge is 2.60. The van der Waals surface area contributed by atoms with E-state index in [1.807, 2.05) is 0 Å². The number of para-hydroxylation sites is 5. The lowest BCUT2D eigenvalue weighted by Gasteiger charge is -2.61. The topological polar surface area (TPSA) is 22.8 Å². The highest BCUT2D eigenvalue weighted by molar-refractivity contribution is 6.09. The van der Waals surface area contributed by atoms with Crippen molar-refractivity contribution in [3.63, 3.8) is 0 Å². The van der Waals surface area contributed by atoms with E-state index in [-0.39, 0.29) is 5.41 Å². The molecule has 0 saturated heterocycles. The van der Waals surface area contributed by atoms with Gasteiger partial charge < -0.3 is 4.57 Å². The molecule has 3 heteroatoms. The van der Waals surface area contributed by atoms with Gasteiger partial charge in [-0.15, -0.1) is 0 Å². The van der Waals surface area contributed by atoms with Crippen molar-refractivity contribution in [2.75, 3.05) is 0 Å². The molecule has 0 N–H and O–H groups in total. The van der Waals surface area contributed by atoms with Crippen LogP contribution in [0.15, 0.2) is 127 Å². The predicted octanol–water partition coefficient (Wildman–Crippen LogP) is 9.86. The molecule has 0 amide bonds. The molecule has 4 aliphatic carbocycles. The summed E-state index contributed by atoms with van der Waals surface area (Å²) in [5.74, 6) is 4.17. The molecule has 5 aromatic carbocycles. The molecule has 4 saturated carbocycles. The van der Waals surface area contributed by atoms with Gasteiger partial charge in [-0.25, -0.2) is 4.98 Å². The van der Waals surface area contributed by atoms with E-state index in [0.717, 1.165) is 17.4 Å². The summed E-state index contributed by atoms with van der Waals surface area (Å²) in [6.45, 7) is 0. The minimum Gasteiger partial charge on any atom is -0.309 e. The van der Waals surface area contributed by atoms with Crippen LogP contribution in [0.2, 0.25) is 0 Å². The molecule has 44 heavy (non-hydrogen) atoms. The summed E-state index contributed by atoms with van der Waals surface area (Å²) in [7, 11) is 0. The molecule has 3 nitrogen and oxygen atoms in total. The van der Waals surface area contributed by atoms with Crippen molar-refractivity contribution in [1.82, 2.24) is 14.1 Å². The fourth-order valence-electron chi connectivity index (χ4n) is 10.1. The third kappa shape index (κ3) is 3.30. The van der Waals surface area contributed by atoms with Gasteiger partial charge in [0.2, 0.25) is 0 Å². The maximum atomic E-state index is 5.64. The van der Waals surface area contributed by atoms with Crippen LogP contribution in [0, 0.1) is 23.7 Å². The summed E-state index contributed by atoms with van der Waals surface area (Å²) in [4.78, 5) is 5.64. The first-order valence-corrected chi connectivity index (χ1v) is 16.4. The Labute approximate surface area is 257 Å². The first-order valence-electron chi connectivity index (χ1n) is 16.4. The number of benzene rings is 5. The highest BCUT2D eigenvalue weighted by Crippen LogP contribution is 2.65. The summed E-state index contributed by atoms with van der Waals surface area (Å²) in [5, 5.41) is 2.67. The van der Waals surface area contributed by atoms with Crippen LogP contribution in [0.4, 0.5) is 0 Å². The molecule has 214 valence electrons. The zero-order valence-corrected chi connectivity index (χ0v) is 24.8. The zero-order chi connectivity index (χ0) is 28.8. The largest absolute Gasteiger partial charge is 0.309 e. The number of rotatable bonds is 4. The number of aromatic nitrogens is 3. The van der Waals surface area contributed by atoms with Crippen molar-refractivity contribution in [2.24, 2.45) is 23.7 Å². The lowest BCUT2D eigenvalue weighted by atomic mass is 9.43. The SMILES string of the molecule is c1ccc(-n2c(C3(c4ccc5c(c4)c4ccccc4n5-c4ccccc4)C4CC5CC(C4)CC3C5)nc3ccccc32)cc1. The molecule has 4 fully saturated rings. The van der Waals surface area contributed by atoms with Gasteiger partial charge in [-0.1, -0.05) is 72.8 Å². The van der Waals surface area contributed by atoms with Gasteiger partial charge in [0.1, 0.15) is 5.82 Å². The van der Waals surface area contributed by atoms with Crippen LogP contribution in [0.3, 0.4) is 0 Å². The average molecular weight is 570 g/mol. The third-order valence-corrected chi connectivity index (χ3v) is 11.5. The Bertz CT molecular complexity index is 2160. The molecule has 4 bridgehead atoms. The zero-order valence-electron chi connectivity index (χ0n) is 24.8. The lowest BCUT2D eigenvalue weighted by Crippen LogP contribution is -2.57. The van der Waals surface area contributed by atoms with E-state index in [1.165, 1.54) is 82.2 Å². The van der Waals surface area contributed by atoms with Gasteiger partial charge in [0.05, 0.1) is 27.5 Å². The van der Waals surface area contributed by atoms with Gasteiger partial charge >= 0.3 is 0 Å². The van der Waals surface area contributed by atoms with Crippen LogP contribution in [0.5, 0.6) is 0 Å². The fourth-order valence-corrected chi connectivity index (χ4v) is 10.1. The Morgan fingerprint density at radius 1 is 0.500 bits per heavy atom. The highest BCUT2D eigenvalue weighted by atomic mass is 15.1. The first-order chi connectivity index (χ1) is 21.8. The van der Waals surface area contributed by atoms with Crippen LogP contribution >= 0.6 is 0 Å². The number of hydrogen-bond acceptors (Lipinski definition) is 1. The first kappa shape index (κ1) is 24.8. The van der Waals surface area contributed by atoms with Crippen molar-refractivity contribution in [3.05, 3.63) is 139 Å². The molecule has 7 aromatic rings. The van der Waals surface area contributed by atoms with E-state index < -0.39 is 0 Å². The Morgan fingerprint density at radius 2 is 1.07 bits per heavy atom. The molecule has 11 rings (SSSR count). The van der Waals surface area contributed by atoms with E-state index in [9.17, 15) is 0 Å². The maximum absolute atomic E-state index is 5.64. The normalized spacial score (nSPS) is 25.8. The van der Waals surface area contributed by atoms with E-state index in [4.69, 9.17) is 4.98 Å². The summed E-state index contributed by atoms with van der Waals surface area (Å²) in [5.41, 5.74) is 8.60. The van der Waals surface area contributed by atoms with E-state index in [0.29, 0.717) is 11.8 Å². The molecular formula is C41H35N3. The van der Waals surface area contributed by atoms with Gasteiger partial charge in [-0.3, -0.25) is 4.57 Å². The second-order valence-electron chi connectivity index (χ2n) is 13.7. The summed E-state index contributed by atoms with van der Waals surface area (Å²) >= 11 is 0. The van der Waals surface area contributed by atoms with Crippen LogP contribution in [-0.4, -0.2) is 14.1 Å². The number of fused-ring (bicyclic) bond motifs is 4. The van der Waals surface area contributed by atoms with Crippen LogP contribution in [0.1, 0.15) is 43.5 Å². The van der Waals surface area contributed by atoms with Crippen molar-refractivity contribution in [1.29, 1.82) is 0 Å². The fraction of sp³-hybridized carbons (Fsp3) is 0.244. The second-order valence-corrected chi connectivity index (χ2v) is 13.7. The quantitative estimate of drug-likeness (QED) is 0.207. The summed E-state index contributed by atoms with van der Waals surface area (Å²) in [6, 6.07) is 47.0. The van der Waals surface area contributed by atoms with Gasteiger partial charge in [0.25, 0.3) is 0 Å². The molecule has 2 heterocycles. The smallest absolute Gasteiger partial charge is 0.125 e. The Morgan fingerprint density at radius 3 is 1.77 bits per heavy atom. The van der Waals surface area contributed by atoms with Gasteiger partial charge in [0, 0.05) is 22.1 Å². The van der Waals surface area contributed by atoms with E-state index in [2.05, 4.69) is 137 Å². The number of hydrogen-bond donors (Lipinski definition) is 0. The van der Waals surface area contributed by atoms with Crippen molar-refractivity contribution >= 4 is 32.8 Å². The Balaban J connectivity index is 1.30. The van der Waals surface area contributed by atoms with E-state index in [1.54, 1.807) is 0 Å². The summed E-state index contributed by atoms with van der Waals surface area (Å²) in [6.07, 6.45) is 6.69. The lowest BCUT2D eigenvalue weighted by molar-refractivity contribution is -0.0457. The van der Waals surface area contributed by atoms with E-state index >= 15 is 0 Å². The van der Waals surface area contributed by atoms with Crippen LogP contribution < -0.4 is 0 Å². The van der Waals surface area contributed by atoms with Gasteiger partial charge in [-0.05, 0) is 116 Å². The molecular weight excluding hydrogens is 534 g/mol. The van der Waals surface area contributed by atoms with Crippen LogP contribution in [-0.2, 0) is 5.41 Å². The Kier molecular flexibility index (Phi) is 5.17. The second kappa shape index (κ2) is 9.19. The standard InChI is InChI=1S/C41H35N3/c1-3-11-32(12-4-1)43-37-17-9-7-15-34(37)35-26-29(19-20-38(35)43)41(30-22-27-21-28(24-30)25-31(41)23-27)40-42-36-16-8-10-18-39(36)44(40)33-13-5-2-6-14-33/h1-20,26-28,30-31H,21-25H2. The molecule has 0 spiro atoms. The van der Waals surface area contributed by atoms with Gasteiger partial charge in [-0.2, -0.15) is 0 Å². The molecule has 2 aromatic heterocycles. The predicted molar refractivity (Wildman–Crippen MR) is 180 cm³/mol. The molecule has 4 aliphatic rings. The Hall–Kier alpha value is -4.63. The van der Waals surface area contributed by atoms with Crippen molar-refractivity contribution in [2.45, 2.75) is 37.5 Å². The average Bonchev–Trinajstić information content (AvgIpc) is 3.62. The minimum atomic E-state index is -0.133. The monoisotopic (exact) mass is 569 g/mol. The molecule has 0 unspecified atom stereocenters.